The first-order chi connectivity index (χ1) is 9.06. The monoisotopic (exact) mass is 266 g/mol. The van der Waals surface area contributed by atoms with Gasteiger partial charge in [-0.25, -0.2) is 4.79 Å². The SMILES string of the molecule is Cc1ccc(CNC(=O)N(CCC(=O)O)C2CC2)o1. The molecule has 0 atom stereocenters. The van der Waals surface area contributed by atoms with E-state index in [4.69, 9.17) is 9.52 Å². The average molecular weight is 266 g/mol. The molecule has 0 aliphatic heterocycles. The summed E-state index contributed by atoms with van der Waals surface area (Å²) < 4.78 is 5.36. The van der Waals surface area contributed by atoms with E-state index in [9.17, 15) is 9.59 Å². The number of aliphatic carboxylic acids is 1. The molecule has 6 nitrogen and oxygen atoms in total. The summed E-state index contributed by atoms with van der Waals surface area (Å²) in [4.78, 5) is 24.2. The summed E-state index contributed by atoms with van der Waals surface area (Å²) in [6.45, 7) is 2.42. The largest absolute Gasteiger partial charge is 0.481 e. The highest BCUT2D eigenvalue weighted by molar-refractivity contribution is 5.76. The molecule has 0 bridgehead atoms. The van der Waals surface area contributed by atoms with Crippen molar-refractivity contribution in [2.75, 3.05) is 6.54 Å². The van der Waals surface area contributed by atoms with E-state index in [2.05, 4.69) is 5.32 Å². The number of urea groups is 1. The van der Waals surface area contributed by atoms with Crippen molar-refractivity contribution in [1.82, 2.24) is 10.2 Å². The highest BCUT2D eigenvalue weighted by Crippen LogP contribution is 2.27. The predicted molar refractivity (Wildman–Crippen MR) is 67.7 cm³/mol. The number of hydrogen-bond donors (Lipinski definition) is 2. The summed E-state index contributed by atoms with van der Waals surface area (Å²) in [5.74, 6) is 0.606. The number of hydrogen-bond acceptors (Lipinski definition) is 3. The lowest BCUT2D eigenvalue weighted by Crippen LogP contribution is -2.42. The second-order valence-electron chi connectivity index (χ2n) is 4.74. The summed E-state index contributed by atoms with van der Waals surface area (Å²) in [5.41, 5.74) is 0. The molecule has 2 N–H and O–H groups in total. The van der Waals surface area contributed by atoms with Crippen LogP contribution in [0.1, 0.15) is 30.8 Å². The zero-order valence-electron chi connectivity index (χ0n) is 10.9. The van der Waals surface area contributed by atoms with Gasteiger partial charge in [-0.2, -0.15) is 0 Å². The van der Waals surface area contributed by atoms with Crippen molar-refractivity contribution in [3.63, 3.8) is 0 Å². The first kappa shape index (κ1) is 13.5. The van der Waals surface area contributed by atoms with Crippen LogP contribution in [0.3, 0.4) is 0 Å². The second kappa shape index (κ2) is 5.77. The van der Waals surface area contributed by atoms with Gasteiger partial charge in [0.25, 0.3) is 0 Å². The van der Waals surface area contributed by atoms with E-state index in [0.717, 1.165) is 18.6 Å². The topological polar surface area (TPSA) is 82.8 Å². The molecular weight excluding hydrogens is 248 g/mol. The summed E-state index contributed by atoms with van der Waals surface area (Å²) >= 11 is 0. The molecule has 1 aromatic heterocycles. The average Bonchev–Trinajstić information content (AvgIpc) is 3.09. The molecule has 0 unspecified atom stereocenters. The fraction of sp³-hybridized carbons (Fsp3) is 0.538. The third-order valence-corrected chi connectivity index (χ3v) is 3.02. The zero-order chi connectivity index (χ0) is 13.8. The van der Waals surface area contributed by atoms with Crippen LogP contribution in [0.4, 0.5) is 4.79 Å². The van der Waals surface area contributed by atoms with Crippen molar-refractivity contribution in [1.29, 1.82) is 0 Å². The Kier molecular flexibility index (Phi) is 4.09. The molecule has 2 rings (SSSR count). The molecule has 0 spiro atoms. The van der Waals surface area contributed by atoms with Crippen molar-refractivity contribution >= 4 is 12.0 Å². The van der Waals surface area contributed by atoms with E-state index >= 15 is 0 Å². The second-order valence-corrected chi connectivity index (χ2v) is 4.74. The first-order valence-electron chi connectivity index (χ1n) is 6.38. The molecule has 1 heterocycles. The van der Waals surface area contributed by atoms with Gasteiger partial charge in [-0.05, 0) is 31.9 Å². The van der Waals surface area contributed by atoms with Gasteiger partial charge in [0.15, 0.2) is 0 Å². The van der Waals surface area contributed by atoms with Gasteiger partial charge in [0.1, 0.15) is 11.5 Å². The van der Waals surface area contributed by atoms with Crippen LogP contribution in [0.15, 0.2) is 16.5 Å². The predicted octanol–water partition coefficient (Wildman–Crippen LogP) is 1.74. The maximum absolute atomic E-state index is 12.0. The van der Waals surface area contributed by atoms with Crippen LogP contribution in [0.5, 0.6) is 0 Å². The van der Waals surface area contributed by atoms with Crippen molar-refractivity contribution in [2.45, 2.75) is 38.8 Å². The van der Waals surface area contributed by atoms with Crippen LogP contribution in [-0.2, 0) is 11.3 Å². The number of nitrogens with zero attached hydrogens (tertiary/aromatic N) is 1. The molecule has 2 amide bonds. The zero-order valence-corrected chi connectivity index (χ0v) is 10.9. The Hall–Kier alpha value is -1.98. The molecule has 1 aromatic rings. The Morgan fingerprint density at radius 2 is 2.21 bits per heavy atom. The van der Waals surface area contributed by atoms with Gasteiger partial charge in [0, 0.05) is 12.6 Å². The van der Waals surface area contributed by atoms with Crippen molar-refractivity contribution < 1.29 is 19.1 Å². The fourth-order valence-electron chi connectivity index (χ4n) is 1.90. The van der Waals surface area contributed by atoms with Crippen molar-refractivity contribution in [3.8, 4) is 0 Å². The Balaban J connectivity index is 1.83. The van der Waals surface area contributed by atoms with Crippen LogP contribution < -0.4 is 5.32 Å². The van der Waals surface area contributed by atoms with Gasteiger partial charge >= 0.3 is 12.0 Å². The third-order valence-electron chi connectivity index (χ3n) is 3.02. The van der Waals surface area contributed by atoms with Gasteiger partial charge in [-0.3, -0.25) is 4.79 Å². The van der Waals surface area contributed by atoms with Crippen LogP contribution >= 0.6 is 0 Å². The van der Waals surface area contributed by atoms with Gasteiger partial charge in [0.05, 0.1) is 13.0 Å². The summed E-state index contributed by atoms with van der Waals surface area (Å²) in [7, 11) is 0. The standard InChI is InChI=1S/C13H18N2O4/c1-9-2-5-11(19-9)8-14-13(18)15(10-3-4-10)7-6-12(16)17/h2,5,10H,3-4,6-8H2,1H3,(H,14,18)(H,16,17). The summed E-state index contributed by atoms with van der Waals surface area (Å²) in [5, 5.41) is 11.4. The van der Waals surface area contributed by atoms with Gasteiger partial charge in [-0.15, -0.1) is 0 Å². The van der Waals surface area contributed by atoms with Crippen LogP contribution in [0, 0.1) is 6.92 Å². The van der Waals surface area contributed by atoms with E-state index in [1.54, 1.807) is 4.90 Å². The molecule has 1 saturated carbocycles. The van der Waals surface area contributed by atoms with Crippen LogP contribution in [-0.4, -0.2) is 34.6 Å². The van der Waals surface area contributed by atoms with E-state index in [1.807, 2.05) is 19.1 Å². The molecular formula is C13H18N2O4. The van der Waals surface area contributed by atoms with E-state index < -0.39 is 5.97 Å². The van der Waals surface area contributed by atoms with Gasteiger partial charge < -0.3 is 19.7 Å². The number of rotatable bonds is 6. The van der Waals surface area contributed by atoms with Gasteiger partial charge in [-0.1, -0.05) is 0 Å². The van der Waals surface area contributed by atoms with Crippen molar-refractivity contribution in [3.05, 3.63) is 23.7 Å². The maximum Gasteiger partial charge on any atom is 0.318 e. The Labute approximate surface area is 111 Å². The fourth-order valence-corrected chi connectivity index (χ4v) is 1.90. The normalized spacial score (nSPS) is 14.2. The lowest BCUT2D eigenvalue weighted by atomic mass is 10.3. The molecule has 0 aromatic carbocycles. The number of carboxylic acid groups (broad SMARTS) is 1. The lowest BCUT2D eigenvalue weighted by Gasteiger charge is -2.21. The number of nitrogens with one attached hydrogen (secondary N) is 1. The van der Waals surface area contributed by atoms with E-state index in [1.165, 1.54) is 0 Å². The van der Waals surface area contributed by atoms with E-state index in [-0.39, 0.29) is 25.0 Å². The summed E-state index contributed by atoms with van der Waals surface area (Å²) in [6, 6.07) is 3.62. The molecule has 0 radical (unpaired) electrons. The van der Waals surface area contributed by atoms with Crippen molar-refractivity contribution in [2.24, 2.45) is 0 Å². The highest BCUT2D eigenvalue weighted by Gasteiger charge is 2.32. The minimum Gasteiger partial charge on any atom is -0.481 e. The molecule has 6 heteroatoms. The van der Waals surface area contributed by atoms with Gasteiger partial charge in [0.2, 0.25) is 0 Å². The quantitative estimate of drug-likeness (QED) is 0.821. The molecule has 0 saturated heterocycles. The Morgan fingerprint density at radius 3 is 2.74 bits per heavy atom. The Morgan fingerprint density at radius 1 is 1.47 bits per heavy atom. The summed E-state index contributed by atoms with van der Waals surface area (Å²) in [6.07, 6.45) is 1.88. The number of furan rings is 1. The highest BCUT2D eigenvalue weighted by atomic mass is 16.4. The molecule has 19 heavy (non-hydrogen) atoms. The number of carboxylic acids is 1. The number of aryl methyl sites for hydroxylation is 1. The first-order valence-corrected chi connectivity index (χ1v) is 6.38. The Bertz CT molecular complexity index is 465. The minimum atomic E-state index is -0.889. The van der Waals surface area contributed by atoms with Crippen LogP contribution in [0.25, 0.3) is 0 Å². The molecule has 1 aliphatic carbocycles. The molecule has 104 valence electrons. The van der Waals surface area contributed by atoms with E-state index in [0.29, 0.717) is 12.3 Å². The molecule has 1 aliphatic rings. The minimum absolute atomic E-state index is 0.0240. The number of carbonyl (C=O) groups is 2. The number of amides is 2. The van der Waals surface area contributed by atoms with Crippen LogP contribution in [0.2, 0.25) is 0 Å². The maximum atomic E-state index is 12.0. The third kappa shape index (κ3) is 4.01. The number of carbonyl (C=O) groups excluding carboxylic acids is 1. The molecule has 1 fully saturated rings. The lowest BCUT2D eigenvalue weighted by molar-refractivity contribution is -0.137. The smallest absolute Gasteiger partial charge is 0.318 e.